The van der Waals surface area contributed by atoms with Gasteiger partial charge in [-0.1, -0.05) is 6.07 Å². The van der Waals surface area contributed by atoms with Gasteiger partial charge in [-0.05, 0) is 55.2 Å². The van der Waals surface area contributed by atoms with Crippen LogP contribution in [0.2, 0.25) is 0 Å². The van der Waals surface area contributed by atoms with Gasteiger partial charge in [0.1, 0.15) is 0 Å². The van der Waals surface area contributed by atoms with E-state index in [1.165, 1.54) is 35.4 Å². The van der Waals surface area contributed by atoms with Crippen molar-refractivity contribution >= 4 is 23.3 Å². The number of amides is 3. The number of aromatic nitrogens is 1. The number of nitrogens with one attached hydrogen (secondary N) is 1. The lowest BCUT2D eigenvalue weighted by atomic mass is 9.96. The SMILES string of the molecule is O=C(NCc1ccc2c(n1)CCCC2)N1CCCN(C(=O)c2ccsc2)CC1. The fraction of sp³-hybridized carbons (Fsp3) is 0.476. The number of hydrogen-bond acceptors (Lipinski definition) is 4. The van der Waals surface area contributed by atoms with E-state index >= 15 is 0 Å². The van der Waals surface area contributed by atoms with Gasteiger partial charge >= 0.3 is 6.03 Å². The van der Waals surface area contributed by atoms with Crippen molar-refractivity contribution in [2.75, 3.05) is 26.2 Å². The Morgan fingerprint density at radius 3 is 2.68 bits per heavy atom. The maximum atomic E-state index is 12.6. The minimum atomic E-state index is -0.0793. The zero-order valence-electron chi connectivity index (χ0n) is 16.0. The predicted molar refractivity (Wildman–Crippen MR) is 110 cm³/mol. The molecule has 3 heterocycles. The Kier molecular flexibility index (Phi) is 5.90. The van der Waals surface area contributed by atoms with Gasteiger partial charge in [-0.25, -0.2) is 4.79 Å². The molecule has 0 radical (unpaired) electrons. The number of nitrogens with zero attached hydrogens (tertiary/aromatic N) is 3. The smallest absolute Gasteiger partial charge is 0.317 e. The molecule has 0 bridgehead atoms. The molecular weight excluding hydrogens is 372 g/mol. The number of fused-ring (bicyclic) bond motifs is 1. The number of carbonyl (C=O) groups is 2. The van der Waals surface area contributed by atoms with E-state index in [0.29, 0.717) is 32.7 Å². The van der Waals surface area contributed by atoms with Gasteiger partial charge in [0.25, 0.3) is 5.91 Å². The van der Waals surface area contributed by atoms with Crippen LogP contribution in [0.1, 0.15) is 46.6 Å². The van der Waals surface area contributed by atoms with Gasteiger partial charge in [0.15, 0.2) is 0 Å². The Bertz CT molecular complexity index is 837. The van der Waals surface area contributed by atoms with E-state index in [4.69, 9.17) is 4.98 Å². The second-order valence-corrected chi connectivity index (χ2v) is 8.20. The van der Waals surface area contributed by atoms with E-state index in [-0.39, 0.29) is 11.9 Å². The molecule has 7 heteroatoms. The van der Waals surface area contributed by atoms with Crippen LogP contribution in [0.5, 0.6) is 0 Å². The van der Waals surface area contributed by atoms with Crippen molar-refractivity contribution in [3.05, 3.63) is 51.5 Å². The van der Waals surface area contributed by atoms with Crippen molar-refractivity contribution in [2.24, 2.45) is 0 Å². The second kappa shape index (κ2) is 8.73. The summed E-state index contributed by atoms with van der Waals surface area (Å²) in [5, 5.41) is 6.79. The fourth-order valence-electron chi connectivity index (χ4n) is 3.90. The van der Waals surface area contributed by atoms with E-state index < -0.39 is 0 Å². The standard InChI is InChI=1S/C21H26N4O2S/c26-20(17-8-13-28-15-17)24-9-3-10-25(12-11-24)21(27)22-14-18-7-6-16-4-1-2-5-19(16)23-18/h6-8,13,15H,1-5,9-12,14H2,(H,22,27). The summed E-state index contributed by atoms with van der Waals surface area (Å²) in [7, 11) is 0. The lowest BCUT2D eigenvalue weighted by Crippen LogP contribution is -2.42. The van der Waals surface area contributed by atoms with E-state index in [2.05, 4.69) is 11.4 Å². The third kappa shape index (κ3) is 4.35. The van der Waals surface area contributed by atoms with Gasteiger partial charge in [-0.3, -0.25) is 9.78 Å². The summed E-state index contributed by atoms with van der Waals surface area (Å²) >= 11 is 1.53. The van der Waals surface area contributed by atoms with Crippen LogP contribution in [-0.2, 0) is 19.4 Å². The summed E-state index contributed by atoms with van der Waals surface area (Å²) in [4.78, 5) is 33.5. The molecule has 4 rings (SSSR count). The zero-order valence-corrected chi connectivity index (χ0v) is 16.8. The number of hydrogen-bond donors (Lipinski definition) is 1. The van der Waals surface area contributed by atoms with Gasteiger partial charge in [0, 0.05) is 37.3 Å². The number of thiophene rings is 1. The Balaban J connectivity index is 1.30. The van der Waals surface area contributed by atoms with Crippen LogP contribution >= 0.6 is 11.3 Å². The molecule has 1 saturated heterocycles. The van der Waals surface area contributed by atoms with Crippen LogP contribution in [0.4, 0.5) is 4.79 Å². The maximum Gasteiger partial charge on any atom is 0.317 e. The topological polar surface area (TPSA) is 65.5 Å². The van der Waals surface area contributed by atoms with Crippen LogP contribution in [0.15, 0.2) is 29.0 Å². The largest absolute Gasteiger partial charge is 0.337 e. The molecule has 6 nitrogen and oxygen atoms in total. The molecule has 1 aliphatic heterocycles. The third-order valence-corrected chi connectivity index (χ3v) is 6.18. The molecule has 2 aliphatic rings. The van der Waals surface area contributed by atoms with E-state index in [1.807, 2.05) is 27.8 Å². The monoisotopic (exact) mass is 398 g/mol. The van der Waals surface area contributed by atoms with Gasteiger partial charge in [0.2, 0.25) is 0 Å². The molecule has 0 aromatic carbocycles. The van der Waals surface area contributed by atoms with Crippen LogP contribution in [0.3, 0.4) is 0 Å². The van der Waals surface area contributed by atoms with Crippen LogP contribution in [-0.4, -0.2) is 52.9 Å². The average Bonchev–Trinajstić information content (AvgIpc) is 3.16. The summed E-state index contributed by atoms with van der Waals surface area (Å²) in [6.45, 7) is 2.92. The molecule has 28 heavy (non-hydrogen) atoms. The van der Waals surface area contributed by atoms with Gasteiger partial charge in [-0.2, -0.15) is 11.3 Å². The summed E-state index contributed by atoms with van der Waals surface area (Å²) in [6.07, 6.45) is 5.39. The highest BCUT2D eigenvalue weighted by atomic mass is 32.1. The summed E-state index contributed by atoms with van der Waals surface area (Å²) in [5.41, 5.74) is 4.19. The number of aryl methyl sites for hydroxylation is 2. The highest BCUT2D eigenvalue weighted by Crippen LogP contribution is 2.19. The van der Waals surface area contributed by atoms with Gasteiger partial charge in [0.05, 0.1) is 17.8 Å². The van der Waals surface area contributed by atoms with Gasteiger partial charge < -0.3 is 15.1 Å². The molecule has 2 aromatic rings. The Morgan fingerprint density at radius 1 is 1.00 bits per heavy atom. The van der Waals surface area contributed by atoms with Crippen molar-refractivity contribution in [1.29, 1.82) is 0 Å². The Labute approximate surface area is 169 Å². The predicted octanol–water partition coefficient (Wildman–Crippen LogP) is 3.08. The quantitative estimate of drug-likeness (QED) is 0.864. The first-order valence-electron chi connectivity index (χ1n) is 10.0. The molecule has 1 N–H and O–H groups in total. The molecule has 0 atom stereocenters. The second-order valence-electron chi connectivity index (χ2n) is 7.42. The first kappa shape index (κ1) is 18.9. The number of carbonyl (C=O) groups excluding carboxylic acids is 2. The maximum absolute atomic E-state index is 12.6. The van der Waals surface area contributed by atoms with Crippen molar-refractivity contribution in [3.63, 3.8) is 0 Å². The molecule has 0 spiro atoms. The number of urea groups is 1. The third-order valence-electron chi connectivity index (χ3n) is 5.50. The minimum absolute atomic E-state index is 0.0572. The van der Waals surface area contributed by atoms with Crippen molar-refractivity contribution in [1.82, 2.24) is 20.1 Å². The van der Waals surface area contributed by atoms with E-state index in [9.17, 15) is 9.59 Å². The zero-order chi connectivity index (χ0) is 19.3. The lowest BCUT2D eigenvalue weighted by molar-refractivity contribution is 0.0763. The van der Waals surface area contributed by atoms with Crippen LogP contribution < -0.4 is 5.32 Å². The van der Waals surface area contributed by atoms with Crippen molar-refractivity contribution in [3.8, 4) is 0 Å². The van der Waals surface area contributed by atoms with E-state index in [0.717, 1.165) is 30.5 Å². The summed E-state index contributed by atoms with van der Waals surface area (Å²) in [5.74, 6) is 0.0572. The van der Waals surface area contributed by atoms with Crippen LogP contribution in [0, 0.1) is 0 Å². The highest BCUT2D eigenvalue weighted by molar-refractivity contribution is 7.08. The van der Waals surface area contributed by atoms with Gasteiger partial charge in [-0.15, -0.1) is 0 Å². The summed E-state index contributed by atoms with van der Waals surface area (Å²) < 4.78 is 0. The fourth-order valence-corrected chi connectivity index (χ4v) is 4.53. The number of pyridine rings is 1. The molecular formula is C21H26N4O2S. The molecule has 1 fully saturated rings. The molecule has 2 aromatic heterocycles. The normalized spacial score (nSPS) is 17.0. The molecule has 0 saturated carbocycles. The van der Waals surface area contributed by atoms with Crippen LogP contribution in [0.25, 0.3) is 0 Å². The summed E-state index contributed by atoms with van der Waals surface area (Å²) in [6, 6.07) is 5.95. The molecule has 3 amide bonds. The van der Waals surface area contributed by atoms with E-state index in [1.54, 1.807) is 4.90 Å². The first-order valence-corrected chi connectivity index (χ1v) is 11.0. The number of rotatable bonds is 3. The van der Waals surface area contributed by atoms with Crippen molar-refractivity contribution in [2.45, 2.75) is 38.6 Å². The Hall–Kier alpha value is -2.41. The minimum Gasteiger partial charge on any atom is -0.337 e. The Morgan fingerprint density at radius 2 is 1.82 bits per heavy atom. The van der Waals surface area contributed by atoms with Crippen molar-refractivity contribution < 1.29 is 9.59 Å². The average molecular weight is 399 g/mol. The molecule has 1 aliphatic carbocycles. The molecule has 148 valence electrons. The highest BCUT2D eigenvalue weighted by Gasteiger charge is 2.23. The first-order chi connectivity index (χ1) is 13.7. The molecule has 0 unspecified atom stereocenters. The lowest BCUT2D eigenvalue weighted by Gasteiger charge is -2.22.